The average molecular weight is 261 g/mol. The number of hydrogen-bond acceptors (Lipinski definition) is 3. The second kappa shape index (κ2) is 4.68. The van der Waals surface area contributed by atoms with Crippen molar-refractivity contribution in [2.75, 3.05) is 5.32 Å². The zero-order valence-corrected chi connectivity index (χ0v) is 11.5. The van der Waals surface area contributed by atoms with Gasteiger partial charge in [0.15, 0.2) is 0 Å². The molecule has 19 heavy (non-hydrogen) atoms. The summed E-state index contributed by atoms with van der Waals surface area (Å²) in [5.74, 6) is 0. The number of benzene rings is 1. The van der Waals surface area contributed by atoms with E-state index >= 15 is 0 Å². The fourth-order valence-electron chi connectivity index (χ4n) is 1.94. The van der Waals surface area contributed by atoms with Crippen LogP contribution < -0.4 is 5.32 Å². The van der Waals surface area contributed by atoms with E-state index in [9.17, 15) is 9.59 Å². The maximum Gasteiger partial charge on any atom is 0.412 e. The number of ether oxygens (including phenoxy) is 1. The maximum atomic E-state index is 11.7. The van der Waals surface area contributed by atoms with Crippen molar-refractivity contribution < 1.29 is 14.3 Å². The zero-order valence-electron chi connectivity index (χ0n) is 11.5. The molecule has 1 aromatic carbocycles. The van der Waals surface area contributed by atoms with Crippen LogP contribution in [0.4, 0.5) is 10.5 Å². The number of nitrogens with one attached hydrogen (secondary N) is 1. The van der Waals surface area contributed by atoms with Gasteiger partial charge in [-0.3, -0.25) is 5.32 Å². The molecule has 1 aliphatic carbocycles. The quantitative estimate of drug-likeness (QED) is 0.850. The molecule has 1 amide bonds. The highest BCUT2D eigenvalue weighted by molar-refractivity contribution is 5.85. The maximum absolute atomic E-state index is 11.7. The molecule has 1 aliphatic rings. The van der Waals surface area contributed by atoms with Crippen LogP contribution in [-0.2, 0) is 14.9 Å². The summed E-state index contributed by atoms with van der Waals surface area (Å²) in [7, 11) is 0. The lowest BCUT2D eigenvalue weighted by molar-refractivity contribution is -0.109. The Bertz CT molecular complexity index is 498. The van der Waals surface area contributed by atoms with Gasteiger partial charge in [0, 0.05) is 5.69 Å². The van der Waals surface area contributed by atoms with Gasteiger partial charge in [0.25, 0.3) is 0 Å². The summed E-state index contributed by atoms with van der Waals surface area (Å²) in [4.78, 5) is 22.8. The molecule has 0 aromatic heterocycles. The van der Waals surface area contributed by atoms with Crippen LogP contribution in [0.15, 0.2) is 24.3 Å². The summed E-state index contributed by atoms with van der Waals surface area (Å²) in [5, 5.41) is 2.69. The van der Waals surface area contributed by atoms with Gasteiger partial charge in [0.05, 0.1) is 5.41 Å². The van der Waals surface area contributed by atoms with Crippen LogP contribution in [0.2, 0.25) is 0 Å². The van der Waals surface area contributed by atoms with E-state index < -0.39 is 11.7 Å². The van der Waals surface area contributed by atoms with Gasteiger partial charge in [-0.2, -0.15) is 0 Å². The van der Waals surface area contributed by atoms with E-state index in [-0.39, 0.29) is 5.41 Å². The highest BCUT2D eigenvalue weighted by atomic mass is 16.6. The zero-order chi connectivity index (χ0) is 14.1. The summed E-state index contributed by atoms with van der Waals surface area (Å²) in [6.07, 6.45) is 2.28. The molecule has 0 unspecified atom stereocenters. The fraction of sp³-hybridized carbons (Fsp3) is 0.467. The van der Waals surface area contributed by atoms with Gasteiger partial charge in [0.2, 0.25) is 0 Å². The third-order valence-corrected chi connectivity index (χ3v) is 3.10. The van der Waals surface area contributed by atoms with E-state index in [4.69, 9.17) is 4.74 Å². The molecular weight excluding hydrogens is 242 g/mol. The highest BCUT2D eigenvalue weighted by Gasteiger charge is 2.44. The molecule has 0 spiro atoms. The Labute approximate surface area is 113 Å². The largest absolute Gasteiger partial charge is 0.444 e. The third-order valence-electron chi connectivity index (χ3n) is 3.10. The first-order chi connectivity index (χ1) is 8.85. The molecule has 1 fully saturated rings. The number of carbonyl (C=O) groups excluding carboxylic acids is 2. The molecule has 0 heterocycles. The standard InChI is InChI=1S/C15H19NO3/c1-14(2,3)19-13(18)16-12-6-4-5-11(9-12)15(10-17)7-8-15/h4-6,9-10H,7-8H2,1-3H3,(H,16,18). The predicted molar refractivity (Wildman–Crippen MR) is 73.3 cm³/mol. The lowest BCUT2D eigenvalue weighted by Crippen LogP contribution is -2.27. The van der Waals surface area contributed by atoms with Crippen molar-refractivity contribution in [3.8, 4) is 0 Å². The first kappa shape index (κ1) is 13.6. The number of aldehydes is 1. The van der Waals surface area contributed by atoms with Crippen LogP contribution in [0.25, 0.3) is 0 Å². The predicted octanol–water partition coefficient (Wildman–Crippen LogP) is 3.26. The SMILES string of the molecule is CC(C)(C)OC(=O)Nc1cccc(C2(C=O)CC2)c1. The molecule has 1 N–H and O–H groups in total. The smallest absolute Gasteiger partial charge is 0.412 e. The number of hydrogen-bond donors (Lipinski definition) is 1. The summed E-state index contributed by atoms with van der Waals surface area (Å²) >= 11 is 0. The summed E-state index contributed by atoms with van der Waals surface area (Å²) in [6.45, 7) is 5.44. The number of rotatable bonds is 3. The van der Waals surface area contributed by atoms with E-state index in [1.807, 2.05) is 39.0 Å². The number of carbonyl (C=O) groups is 2. The first-order valence-electron chi connectivity index (χ1n) is 6.42. The summed E-state index contributed by atoms with van der Waals surface area (Å²) < 4.78 is 5.19. The summed E-state index contributed by atoms with van der Waals surface area (Å²) in [6, 6.07) is 7.38. The molecule has 0 radical (unpaired) electrons. The van der Waals surface area contributed by atoms with Crippen molar-refractivity contribution in [1.29, 1.82) is 0 Å². The second-order valence-electron chi connectivity index (χ2n) is 5.98. The molecule has 4 nitrogen and oxygen atoms in total. The van der Waals surface area contributed by atoms with Gasteiger partial charge < -0.3 is 9.53 Å². The average Bonchev–Trinajstić information content (AvgIpc) is 3.07. The van der Waals surface area contributed by atoms with E-state index in [0.717, 1.165) is 24.7 Å². The van der Waals surface area contributed by atoms with Crippen LogP contribution in [0.3, 0.4) is 0 Å². The van der Waals surface area contributed by atoms with E-state index in [2.05, 4.69) is 5.32 Å². The normalized spacial score (nSPS) is 16.6. The molecular formula is C15H19NO3. The van der Waals surface area contributed by atoms with Gasteiger partial charge in [-0.1, -0.05) is 12.1 Å². The Balaban J connectivity index is 2.08. The Kier molecular flexibility index (Phi) is 3.35. The Morgan fingerprint density at radius 2 is 2.05 bits per heavy atom. The van der Waals surface area contributed by atoms with Crippen molar-refractivity contribution in [3.63, 3.8) is 0 Å². The molecule has 2 rings (SSSR count). The minimum absolute atomic E-state index is 0.328. The molecule has 0 saturated heterocycles. The molecule has 0 bridgehead atoms. The molecule has 102 valence electrons. The van der Waals surface area contributed by atoms with Crippen LogP contribution in [-0.4, -0.2) is 18.0 Å². The number of amides is 1. The Morgan fingerprint density at radius 1 is 1.37 bits per heavy atom. The second-order valence-corrected chi connectivity index (χ2v) is 5.98. The lowest BCUT2D eigenvalue weighted by atomic mass is 9.97. The molecule has 1 saturated carbocycles. The van der Waals surface area contributed by atoms with Crippen molar-refractivity contribution in [2.45, 2.75) is 44.6 Å². The van der Waals surface area contributed by atoms with Gasteiger partial charge in [-0.15, -0.1) is 0 Å². The molecule has 0 atom stereocenters. The monoisotopic (exact) mass is 261 g/mol. The number of anilines is 1. The van der Waals surface area contributed by atoms with Crippen LogP contribution in [0, 0.1) is 0 Å². The third kappa shape index (κ3) is 3.34. The van der Waals surface area contributed by atoms with Crippen LogP contribution in [0.5, 0.6) is 0 Å². The Morgan fingerprint density at radius 3 is 2.58 bits per heavy atom. The van der Waals surface area contributed by atoms with E-state index in [1.165, 1.54) is 0 Å². The van der Waals surface area contributed by atoms with Gasteiger partial charge in [-0.25, -0.2) is 4.79 Å². The molecule has 4 heteroatoms. The minimum Gasteiger partial charge on any atom is -0.444 e. The first-order valence-corrected chi connectivity index (χ1v) is 6.42. The van der Waals surface area contributed by atoms with Crippen molar-refractivity contribution in [2.24, 2.45) is 0 Å². The summed E-state index contributed by atoms with van der Waals surface area (Å²) in [5.41, 5.74) is 0.754. The molecule has 1 aromatic rings. The van der Waals surface area contributed by atoms with Crippen molar-refractivity contribution in [1.82, 2.24) is 0 Å². The molecule has 0 aliphatic heterocycles. The van der Waals surface area contributed by atoms with E-state index in [1.54, 1.807) is 6.07 Å². The van der Waals surface area contributed by atoms with E-state index in [0.29, 0.717) is 5.69 Å². The van der Waals surface area contributed by atoms with Crippen molar-refractivity contribution in [3.05, 3.63) is 29.8 Å². The van der Waals surface area contributed by atoms with Gasteiger partial charge >= 0.3 is 6.09 Å². The topological polar surface area (TPSA) is 55.4 Å². The fourth-order valence-corrected chi connectivity index (χ4v) is 1.94. The Hall–Kier alpha value is -1.84. The van der Waals surface area contributed by atoms with Crippen LogP contribution >= 0.6 is 0 Å². The lowest BCUT2D eigenvalue weighted by Gasteiger charge is -2.20. The van der Waals surface area contributed by atoms with Gasteiger partial charge in [-0.05, 0) is 51.3 Å². The van der Waals surface area contributed by atoms with Crippen LogP contribution in [0.1, 0.15) is 39.2 Å². The highest BCUT2D eigenvalue weighted by Crippen LogP contribution is 2.46. The van der Waals surface area contributed by atoms with Gasteiger partial charge in [0.1, 0.15) is 11.9 Å². The minimum atomic E-state index is -0.526. The van der Waals surface area contributed by atoms with Crippen molar-refractivity contribution >= 4 is 18.1 Å².